The van der Waals surface area contributed by atoms with Crippen LogP contribution in [0.15, 0.2) is 11.4 Å². The van der Waals surface area contributed by atoms with Gasteiger partial charge in [0.15, 0.2) is 11.9 Å². The van der Waals surface area contributed by atoms with Gasteiger partial charge in [0.05, 0.1) is 12.9 Å². The first-order valence-corrected chi connectivity index (χ1v) is 6.23. The Morgan fingerprint density at radius 3 is 2.75 bits per heavy atom. The fourth-order valence-electron chi connectivity index (χ4n) is 2.20. The van der Waals surface area contributed by atoms with Crippen LogP contribution >= 0.6 is 0 Å². The summed E-state index contributed by atoms with van der Waals surface area (Å²) in [5, 5.41) is 29.0. The molecule has 2 aromatic heterocycles. The number of aromatic nitrogens is 4. The van der Waals surface area contributed by atoms with E-state index in [0.29, 0.717) is 11.2 Å². The predicted octanol–water partition coefficient (Wildman–Crippen LogP) is -2.07. The molecule has 10 heteroatoms. The minimum atomic E-state index is -1.23. The third-order valence-corrected chi connectivity index (χ3v) is 3.48. The highest BCUT2D eigenvalue weighted by Gasteiger charge is 2.43. The summed E-state index contributed by atoms with van der Waals surface area (Å²) in [6, 6.07) is 0. The van der Waals surface area contributed by atoms with Crippen molar-refractivity contribution < 1.29 is 20.1 Å². The normalized spacial score (nSPS) is 30.1. The van der Waals surface area contributed by atoms with Gasteiger partial charge >= 0.3 is 0 Å². The average molecular weight is 298 g/mol. The first kappa shape index (κ1) is 13.4. The summed E-state index contributed by atoms with van der Waals surface area (Å²) in [4.78, 5) is 11.9. The summed E-state index contributed by atoms with van der Waals surface area (Å²) < 4.78 is 6.81. The molecule has 1 fully saturated rings. The van der Waals surface area contributed by atoms with Crippen molar-refractivity contribution in [3.05, 3.63) is 6.33 Å². The molecule has 9 nitrogen and oxygen atoms in total. The number of anilines is 1. The molecular weight excluding hydrogens is 286 g/mol. The van der Waals surface area contributed by atoms with E-state index in [2.05, 4.69) is 15.0 Å². The van der Waals surface area contributed by atoms with Gasteiger partial charge in [0.25, 0.3) is 0 Å². The Labute approximate surface area is 118 Å². The van der Waals surface area contributed by atoms with Crippen molar-refractivity contribution in [1.82, 2.24) is 19.5 Å². The predicted molar refractivity (Wildman–Crippen MR) is 68.4 cm³/mol. The molecule has 5 N–H and O–H groups in total. The van der Waals surface area contributed by atoms with E-state index in [9.17, 15) is 10.2 Å². The minimum Gasteiger partial charge on any atom is -0.758 e. The van der Waals surface area contributed by atoms with Gasteiger partial charge in [0, 0.05) is 0 Å². The number of aliphatic hydroxyl groups excluding tert-OH is 3. The second-order valence-electron chi connectivity index (χ2n) is 4.44. The number of fused-ring (bicyclic) bond motifs is 1. The summed E-state index contributed by atoms with van der Waals surface area (Å²) in [5.41, 5.74) is 6.20. The molecule has 0 aromatic carbocycles. The molecule has 1 aliphatic heterocycles. The standard InChI is InChI=1S/C10H13N5O4S/c11-10-13-7-4(8(20)14-10)12-2-15(7)9-6(18)5(17)3(1-16)19-9/h2-3,5-6,9,16-18H,1H2,(H3,11,13,14,20)/p-1. The first-order valence-electron chi connectivity index (χ1n) is 5.82. The number of hydrogen-bond acceptors (Lipinski definition) is 9. The van der Waals surface area contributed by atoms with Crippen LogP contribution in [0.25, 0.3) is 11.2 Å². The molecule has 3 rings (SSSR count). The number of aliphatic hydroxyl groups is 3. The molecule has 1 saturated heterocycles. The molecule has 0 saturated carbocycles. The lowest BCUT2D eigenvalue weighted by Gasteiger charge is -2.17. The number of hydrogen-bond donors (Lipinski definition) is 4. The Kier molecular flexibility index (Phi) is 3.18. The first-order chi connectivity index (χ1) is 9.52. The van der Waals surface area contributed by atoms with Crippen LogP contribution in [0.3, 0.4) is 0 Å². The lowest BCUT2D eigenvalue weighted by atomic mass is 10.1. The lowest BCUT2D eigenvalue weighted by Crippen LogP contribution is -2.33. The number of nitrogens with two attached hydrogens (primary N) is 1. The number of nitrogen functional groups attached to an aromatic ring is 1. The second kappa shape index (κ2) is 4.75. The topological polar surface area (TPSA) is 140 Å². The SMILES string of the molecule is Nc1nc([S-])c2ncn(C3OC(CO)C(O)C3O)c2n1. The molecule has 4 unspecified atom stereocenters. The van der Waals surface area contributed by atoms with Crippen LogP contribution in [0.4, 0.5) is 5.95 Å². The fraction of sp³-hybridized carbons (Fsp3) is 0.500. The summed E-state index contributed by atoms with van der Waals surface area (Å²) >= 11 is 5.03. The molecule has 3 heterocycles. The minimum absolute atomic E-state index is 0.0176. The van der Waals surface area contributed by atoms with Crippen LogP contribution in [0, 0.1) is 0 Å². The van der Waals surface area contributed by atoms with Crippen LogP contribution in [-0.4, -0.2) is 59.8 Å². The number of rotatable bonds is 2. The van der Waals surface area contributed by atoms with Gasteiger partial charge in [0.2, 0.25) is 5.95 Å². The van der Waals surface area contributed by atoms with Crippen molar-refractivity contribution in [3.8, 4) is 0 Å². The van der Waals surface area contributed by atoms with Gasteiger partial charge in [-0.15, -0.1) is 0 Å². The largest absolute Gasteiger partial charge is 0.758 e. The Balaban J connectivity index is 2.07. The number of ether oxygens (including phenoxy) is 1. The van der Waals surface area contributed by atoms with Gasteiger partial charge < -0.3 is 38.4 Å². The summed E-state index contributed by atoms with van der Waals surface area (Å²) in [6.45, 7) is -0.412. The molecular formula is C10H12N5O4S-. The van der Waals surface area contributed by atoms with Crippen molar-refractivity contribution in [2.24, 2.45) is 0 Å². The van der Waals surface area contributed by atoms with Crippen molar-refractivity contribution >= 4 is 29.7 Å². The molecule has 1 aliphatic rings. The monoisotopic (exact) mass is 298 g/mol. The highest BCUT2D eigenvalue weighted by atomic mass is 32.1. The van der Waals surface area contributed by atoms with Crippen molar-refractivity contribution in [3.63, 3.8) is 0 Å². The van der Waals surface area contributed by atoms with Crippen LogP contribution in [0.2, 0.25) is 0 Å². The van der Waals surface area contributed by atoms with Crippen molar-refractivity contribution in [2.75, 3.05) is 12.3 Å². The van der Waals surface area contributed by atoms with Gasteiger partial charge in [-0.05, 0) is 5.03 Å². The zero-order chi connectivity index (χ0) is 14.4. The van der Waals surface area contributed by atoms with E-state index in [1.165, 1.54) is 10.9 Å². The van der Waals surface area contributed by atoms with Gasteiger partial charge in [-0.2, -0.15) is 4.98 Å². The number of imidazole rings is 1. The zero-order valence-electron chi connectivity index (χ0n) is 10.1. The van der Waals surface area contributed by atoms with E-state index in [4.69, 9.17) is 28.2 Å². The maximum absolute atomic E-state index is 9.99. The quantitative estimate of drug-likeness (QED) is 0.363. The highest BCUT2D eigenvalue weighted by molar-refractivity contribution is 7.59. The smallest absolute Gasteiger partial charge is 0.220 e. The Hall–Kier alpha value is -1.59. The van der Waals surface area contributed by atoms with Crippen molar-refractivity contribution in [2.45, 2.75) is 29.6 Å². The van der Waals surface area contributed by atoms with E-state index in [1.807, 2.05) is 0 Å². The third-order valence-electron chi connectivity index (χ3n) is 3.20. The van der Waals surface area contributed by atoms with E-state index >= 15 is 0 Å². The Bertz CT molecular complexity index is 650. The maximum atomic E-state index is 9.99. The molecule has 0 aliphatic carbocycles. The summed E-state index contributed by atoms with van der Waals surface area (Å²) in [5.74, 6) is -0.0176. The Morgan fingerprint density at radius 1 is 1.35 bits per heavy atom. The Morgan fingerprint density at radius 2 is 2.10 bits per heavy atom. The zero-order valence-corrected chi connectivity index (χ0v) is 10.9. The molecule has 0 spiro atoms. The summed E-state index contributed by atoms with van der Waals surface area (Å²) in [7, 11) is 0. The average Bonchev–Trinajstić information content (AvgIpc) is 2.93. The van der Waals surface area contributed by atoms with Crippen LogP contribution < -0.4 is 5.73 Å². The molecule has 20 heavy (non-hydrogen) atoms. The third kappa shape index (κ3) is 1.89. The summed E-state index contributed by atoms with van der Waals surface area (Å²) in [6.07, 6.45) is -2.88. The fourth-order valence-corrected chi connectivity index (χ4v) is 2.44. The molecule has 108 valence electrons. The second-order valence-corrected chi connectivity index (χ2v) is 4.83. The maximum Gasteiger partial charge on any atom is 0.220 e. The van der Waals surface area contributed by atoms with Crippen LogP contribution in [0.5, 0.6) is 0 Å². The van der Waals surface area contributed by atoms with Gasteiger partial charge in [0.1, 0.15) is 23.8 Å². The van der Waals surface area contributed by atoms with E-state index < -0.39 is 31.1 Å². The molecule has 2 aromatic rings. The highest BCUT2D eigenvalue weighted by Crippen LogP contribution is 2.31. The van der Waals surface area contributed by atoms with Gasteiger partial charge in [-0.3, -0.25) is 4.57 Å². The van der Waals surface area contributed by atoms with E-state index in [1.54, 1.807) is 0 Å². The van der Waals surface area contributed by atoms with Crippen LogP contribution in [-0.2, 0) is 17.4 Å². The van der Waals surface area contributed by atoms with Gasteiger partial charge in [-0.25, -0.2) is 9.97 Å². The van der Waals surface area contributed by atoms with Gasteiger partial charge in [-0.1, -0.05) is 0 Å². The van der Waals surface area contributed by atoms with E-state index in [-0.39, 0.29) is 11.0 Å². The molecule has 0 amide bonds. The molecule has 0 radical (unpaired) electrons. The van der Waals surface area contributed by atoms with Crippen molar-refractivity contribution in [1.29, 1.82) is 0 Å². The van der Waals surface area contributed by atoms with Crippen LogP contribution in [0.1, 0.15) is 6.23 Å². The van der Waals surface area contributed by atoms with E-state index in [0.717, 1.165) is 0 Å². The number of nitrogens with zero attached hydrogens (tertiary/aromatic N) is 4. The lowest BCUT2D eigenvalue weighted by molar-refractivity contribution is -0.0511. The molecule has 0 bridgehead atoms. The molecule has 4 atom stereocenters.